The molecular formula is C19H26N2O6S2. The van der Waals surface area contributed by atoms with Crippen molar-refractivity contribution in [1.82, 2.24) is 4.31 Å². The molecule has 2 aromatic rings. The minimum absolute atomic E-state index is 0.0288. The first-order chi connectivity index (χ1) is 13.6. The van der Waals surface area contributed by atoms with Gasteiger partial charge in [0.05, 0.1) is 16.4 Å². The minimum Gasteiger partial charge on any atom is -0.491 e. The predicted octanol–water partition coefficient (Wildman–Crippen LogP) is 2.13. The monoisotopic (exact) mass is 442 g/mol. The molecule has 0 aliphatic rings. The summed E-state index contributed by atoms with van der Waals surface area (Å²) in [6.45, 7) is 5.06. The normalized spacial score (nSPS) is 13.4. The minimum atomic E-state index is -3.80. The summed E-state index contributed by atoms with van der Waals surface area (Å²) in [5.41, 5.74) is 0.638. The van der Waals surface area contributed by atoms with E-state index in [1.54, 1.807) is 31.2 Å². The highest BCUT2D eigenvalue weighted by Gasteiger charge is 2.26. The zero-order valence-corrected chi connectivity index (χ0v) is 18.2. The quantitative estimate of drug-likeness (QED) is 0.564. The van der Waals surface area contributed by atoms with Gasteiger partial charge in [0.15, 0.2) is 0 Å². The number of rotatable bonds is 10. The third kappa shape index (κ3) is 6.00. The van der Waals surface area contributed by atoms with Crippen molar-refractivity contribution in [2.45, 2.75) is 29.7 Å². The van der Waals surface area contributed by atoms with E-state index in [0.717, 1.165) is 0 Å². The molecule has 1 unspecified atom stereocenters. The van der Waals surface area contributed by atoms with Gasteiger partial charge in [-0.25, -0.2) is 22.0 Å². The van der Waals surface area contributed by atoms with Crippen molar-refractivity contribution in [2.75, 3.05) is 26.9 Å². The van der Waals surface area contributed by atoms with Crippen molar-refractivity contribution >= 4 is 20.0 Å². The molecule has 0 aliphatic carbocycles. The smallest absolute Gasteiger partial charge is 0.243 e. The van der Waals surface area contributed by atoms with Gasteiger partial charge in [-0.1, -0.05) is 12.1 Å². The Labute approximate surface area is 172 Å². The molecule has 1 atom stereocenters. The van der Waals surface area contributed by atoms with Gasteiger partial charge in [-0.15, -0.1) is 0 Å². The number of hydrogen-bond donors (Lipinski definition) is 1. The Morgan fingerprint density at radius 1 is 0.931 bits per heavy atom. The molecule has 10 heteroatoms. The topological polar surface area (TPSA) is 116 Å². The highest BCUT2D eigenvalue weighted by Crippen LogP contribution is 2.27. The van der Waals surface area contributed by atoms with Crippen LogP contribution in [0.2, 0.25) is 0 Å². The van der Waals surface area contributed by atoms with Gasteiger partial charge in [-0.05, 0) is 55.8 Å². The number of nitrogens with zero attached hydrogens (tertiary/aromatic N) is 1. The van der Waals surface area contributed by atoms with Gasteiger partial charge < -0.3 is 9.47 Å². The van der Waals surface area contributed by atoms with Gasteiger partial charge in [0.2, 0.25) is 20.0 Å². The average Bonchev–Trinajstić information content (AvgIpc) is 2.70. The van der Waals surface area contributed by atoms with Gasteiger partial charge in [-0.2, -0.15) is 4.31 Å². The van der Waals surface area contributed by atoms with E-state index in [1.165, 1.54) is 35.6 Å². The molecule has 0 radical (unpaired) electrons. The molecule has 0 heterocycles. The molecule has 0 amide bonds. The van der Waals surface area contributed by atoms with Gasteiger partial charge in [0.25, 0.3) is 0 Å². The summed E-state index contributed by atoms with van der Waals surface area (Å²) < 4.78 is 60.5. The second-order valence-electron chi connectivity index (χ2n) is 6.33. The van der Waals surface area contributed by atoms with Crippen LogP contribution in [0.15, 0.2) is 58.3 Å². The van der Waals surface area contributed by atoms with Crippen molar-refractivity contribution in [1.29, 1.82) is 0 Å². The molecule has 29 heavy (non-hydrogen) atoms. The summed E-state index contributed by atoms with van der Waals surface area (Å²) in [6.07, 6.45) is 0. The Balaban J connectivity index is 2.13. The van der Waals surface area contributed by atoms with E-state index in [0.29, 0.717) is 31.1 Å². The fraction of sp³-hybridized carbons (Fsp3) is 0.368. The van der Waals surface area contributed by atoms with Gasteiger partial charge >= 0.3 is 0 Å². The van der Waals surface area contributed by atoms with Crippen molar-refractivity contribution in [3.8, 4) is 5.75 Å². The van der Waals surface area contributed by atoms with E-state index < -0.39 is 26.1 Å². The van der Waals surface area contributed by atoms with E-state index in [4.69, 9.17) is 14.6 Å². The summed E-state index contributed by atoms with van der Waals surface area (Å²) in [5, 5.41) is 5.09. The highest BCUT2D eigenvalue weighted by molar-refractivity contribution is 7.89. The fourth-order valence-electron chi connectivity index (χ4n) is 2.59. The predicted molar refractivity (Wildman–Crippen MR) is 110 cm³/mol. The summed E-state index contributed by atoms with van der Waals surface area (Å²) in [7, 11) is -6.09. The van der Waals surface area contributed by atoms with Gasteiger partial charge in [-0.3, -0.25) is 0 Å². The zero-order chi connectivity index (χ0) is 21.7. The second-order valence-corrected chi connectivity index (χ2v) is 9.89. The number of sulfonamides is 2. The van der Waals surface area contributed by atoms with Crippen molar-refractivity contribution in [3.63, 3.8) is 0 Å². The van der Waals surface area contributed by atoms with Crippen LogP contribution in [0.25, 0.3) is 0 Å². The summed E-state index contributed by atoms with van der Waals surface area (Å²) in [5.74, 6) is 0.554. The van der Waals surface area contributed by atoms with Crippen LogP contribution in [0.1, 0.15) is 25.5 Å². The lowest BCUT2D eigenvalue weighted by atomic mass is 10.1. The van der Waals surface area contributed by atoms with Crippen LogP contribution >= 0.6 is 0 Å². The number of hydrogen-bond acceptors (Lipinski definition) is 6. The van der Waals surface area contributed by atoms with Gasteiger partial charge in [0.1, 0.15) is 12.4 Å². The third-order valence-corrected chi connectivity index (χ3v) is 7.31. The maximum atomic E-state index is 12.9. The Bertz CT molecular complexity index is 1000. The average molecular weight is 443 g/mol. The van der Waals surface area contributed by atoms with Crippen LogP contribution in [0.5, 0.6) is 5.75 Å². The molecule has 0 aliphatic heterocycles. The van der Waals surface area contributed by atoms with Crippen LogP contribution in [-0.4, -0.2) is 48.0 Å². The van der Waals surface area contributed by atoms with Crippen molar-refractivity contribution in [3.05, 3.63) is 54.1 Å². The molecule has 2 rings (SSSR count). The number of benzene rings is 2. The van der Waals surface area contributed by atoms with E-state index in [9.17, 15) is 16.8 Å². The molecule has 0 bridgehead atoms. The van der Waals surface area contributed by atoms with Crippen molar-refractivity contribution < 1.29 is 26.3 Å². The number of nitrogens with two attached hydrogens (primary N) is 1. The third-order valence-electron chi connectivity index (χ3n) is 4.44. The lowest BCUT2D eigenvalue weighted by Crippen LogP contribution is -2.29. The summed E-state index contributed by atoms with van der Waals surface area (Å²) in [6, 6.07) is 11.5. The molecule has 0 aromatic heterocycles. The van der Waals surface area contributed by atoms with Crippen molar-refractivity contribution in [2.24, 2.45) is 5.14 Å². The second kappa shape index (κ2) is 9.68. The Morgan fingerprint density at radius 2 is 1.48 bits per heavy atom. The highest BCUT2D eigenvalue weighted by atomic mass is 32.2. The molecule has 2 N–H and O–H groups in total. The summed E-state index contributed by atoms with van der Waals surface area (Å²) in [4.78, 5) is 0.101. The van der Waals surface area contributed by atoms with Crippen LogP contribution < -0.4 is 9.88 Å². The zero-order valence-electron chi connectivity index (χ0n) is 16.6. The lowest BCUT2D eigenvalue weighted by molar-refractivity contribution is 0.110. The van der Waals surface area contributed by atoms with E-state index in [-0.39, 0.29) is 9.79 Å². The van der Waals surface area contributed by atoms with Gasteiger partial charge in [0, 0.05) is 19.7 Å². The van der Waals surface area contributed by atoms with E-state index in [2.05, 4.69) is 0 Å². The molecule has 0 fully saturated rings. The molecule has 0 spiro atoms. The Morgan fingerprint density at radius 3 is 2.00 bits per heavy atom. The SMILES string of the molecule is CCOCCOc1ccc(S(=O)(=O)N(C)C(C)c2ccc(S(N)(=O)=O)cc2)cc1. The first kappa shape index (κ1) is 23.3. The van der Waals surface area contributed by atoms with Crippen LogP contribution in [0.3, 0.4) is 0 Å². The maximum Gasteiger partial charge on any atom is 0.243 e. The molecule has 160 valence electrons. The van der Waals surface area contributed by atoms with Crippen LogP contribution in [0.4, 0.5) is 0 Å². The lowest BCUT2D eigenvalue weighted by Gasteiger charge is -2.25. The molecule has 8 nitrogen and oxygen atoms in total. The first-order valence-corrected chi connectivity index (χ1v) is 12.0. The first-order valence-electron chi connectivity index (χ1n) is 8.98. The van der Waals surface area contributed by atoms with E-state index >= 15 is 0 Å². The molecule has 2 aromatic carbocycles. The number of primary sulfonamides is 1. The standard InChI is InChI=1S/C19H26N2O6S2/c1-4-26-13-14-27-17-7-11-19(12-8-17)29(24,25)21(3)15(2)16-5-9-18(10-6-16)28(20,22)23/h5-12,15H,4,13-14H2,1-3H3,(H2,20,22,23). The Hall–Kier alpha value is -1.98. The molecule has 0 saturated heterocycles. The van der Waals surface area contributed by atoms with Crippen LogP contribution in [-0.2, 0) is 24.8 Å². The largest absolute Gasteiger partial charge is 0.491 e. The maximum absolute atomic E-state index is 12.9. The fourth-order valence-corrected chi connectivity index (χ4v) is 4.46. The Kier molecular flexibility index (Phi) is 7.78. The molecule has 0 saturated carbocycles. The molecular weight excluding hydrogens is 416 g/mol. The van der Waals surface area contributed by atoms with E-state index in [1.807, 2.05) is 6.92 Å². The summed E-state index contributed by atoms with van der Waals surface area (Å²) >= 11 is 0. The number of ether oxygens (including phenoxy) is 2. The van der Waals surface area contributed by atoms with Crippen LogP contribution in [0, 0.1) is 0 Å².